The standard InChI is InChI=1S/C16H19NO3/c1-4-17-15(6-5-7-16(17)18)14-9-8-13(10-12(14)2)20-11-19-3/h5-10H,4,11H2,1-3H3. The van der Waals surface area contributed by atoms with Crippen molar-refractivity contribution in [3.8, 4) is 17.0 Å². The van der Waals surface area contributed by atoms with Gasteiger partial charge in [0.25, 0.3) is 5.56 Å². The first kappa shape index (κ1) is 14.3. The lowest BCUT2D eigenvalue weighted by atomic mass is 10.0. The van der Waals surface area contributed by atoms with Gasteiger partial charge in [-0.2, -0.15) is 0 Å². The summed E-state index contributed by atoms with van der Waals surface area (Å²) in [7, 11) is 1.59. The molecule has 1 aromatic carbocycles. The molecule has 1 aromatic heterocycles. The van der Waals surface area contributed by atoms with Crippen molar-refractivity contribution in [1.82, 2.24) is 4.57 Å². The Morgan fingerprint density at radius 3 is 2.65 bits per heavy atom. The zero-order valence-electron chi connectivity index (χ0n) is 12.1. The molecule has 4 nitrogen and oxygen atoms in total. The van der Waals surface area contributed by atoms with Crippen LogP contribution in [0.3, 0.4) is 0 Å². The average Bonchev–Trinajstić information content (AvgIpc) is 2.45. The van der Waals surface area contributed by atoms with Crippen LogP contribution in [0.25, 0.3) is 11.3 Å². The number of aromatic nitrogens is 1. The highest BCUT2D eigenvalue weighted by molar-refractivity contribution is 5.65. The Morgan fingerprint density at radius 1 is 1.20 bits per heavy atom. The van der Waals surface area contributed by atoms with Gasteiger partial charge in [-0.1, -0.05) is 6.07 Å². The van der Waals surface area contributed by atoms with Gasteiger partial charge >= 0.3 is 0 Å². The smallest absolute Gasteiger partial charge is 0.250 e. The van der Waals surface area contributed by atoms with Gasteiger partial charge in [-0.3, -0.25) is 4.79 Å². The second kappa shape index (κ2) is 6.39. The molecule has 0 unspecified atom stereocenters. The van der Waals surface area contributed by atoms with E-state index in [1.54, 1.807) is 23.8 Å². The maximum Gasteiger partial charge on any atom is 0.250 e. The Kier molecular flexibility index (Phi) is 4.58. The SMILES string of the molecule is CCn1c(-c2ccc(OCOC)cc2C)cccc1=O. The van der Waals surface area contributed by atoms with Crippen LogP contribution in [-0.4, -0.2) is 18.5 Å². The second-order valence-electron chi connectivity index (χ2n) is 4.52. The van der Waals surface area contributed by atoms with Crippen LogP contribution in [0.4, 0.5) is 0 Å². The van der Waals surface area contributed by atoms with E-state index >= 15 is 0 Å². The molecule has 20 heavy (non-hydrogen) atoms. The van der Waals surface area contributed by atoms with Crippen molar-refractivity contribution in [2.45, 2.75) is 20.4 Å². The first-order valence-corrected chi connectivity index (χ1v) is 6.60. The van der Waals surface area contributed by atoms with Crippen LogP contribution >= 0.6 is 0 Å². The number of methoxy groups -OCH3 is 1. The molecule has 4 heteroatoms. The maximum absolute atomic E-state index is 11.9. The van der Waals surface area contributed by atoms with Gasteiger partial charge in [-0.05, 0) is 43.7 Å². The highest BCUT2D eigenvalue weighted by Crippen LogP contribution is 2.26. The van der Waals surface area contributed by atoms with Gasteiger partial charge in [0.2, 0.25) is 0 Å². The van der Waals surface area contributed by atoms with Crippen molar-refractivity contribution in [3.63, 3.8) is 0 Å². The van der Waals surface area contributed by atoms with Crippen LogP contribution < -0.4 is 10.3 Å². The van der Waals surface area contributed by atoms with Crippen LogP contribution in [0.1, 0.15) is 12.5 Å². The zero-order chi connectivity index (χ0) is 14.5. The fraction of sp³-hybridized carbons (Fsp3) is 0.312. The van der Waals surface area contributed by atoms with Gasteiger partial charge in [0.1, 0.15) is 5.75 Å². The Hall–Kier alpha value is -2.07. The van der Waals surface area contributed by atoms with E-state index in [2.05, 4.69) is 0 Å². The van der Waals surface area contributed by atoms with Crippen LogP contribution in [0.5, 0.6) is 5.75 Å². The lowest BCUT2D eigenvalue weighted by molar-refractivity contribution is 0.0511. The van der Waals surface area contributed by atoms with E-state index in [0.717, 1.165) is 22.6 Å². The Labute approximate surface area is 118 Å². The van der Waals surface area contributed by atoms with E-state index in [0.29, 0.717) is 6.54 Å². The molecule has 0 atom stereocenters. The molecule has 0 saturated heterocycles. The third-order valence-electron chi connectivity index (χ3n) is 3.18. The predicted octanol–water partition coefficient (Wildman–Crippen LogP) is 2.83. The van der Waals surface area contributed by atoms with Gasteiger partial charge in [-0.25, -0.2) is 0 Å². The van der Waals surface area contributed by atoms with Crippen LogP contribution in [0.2, 0.25) is 0 Å². The molecule has 0 aliphatic carbocycles. The number of aryl methyl sites for hydroxylation is 1. The lowest BCUT2D eigenvalue weighted by Crippen LogP contribution is -2.19. The van der Waals surface area contributed by atoms with E-state index in [9.17, 15) is 4.79 Å². The minimum atomic E-state index is 0.0177. The molecule has 2 rings (SSSR count). The molecular formula is C16H19NO3. The minimum absolute atomic E-state index is 0.0177. The molecule has 0 radical (unpaired) electrons. The minimum Gasteiger partial charge on any atom is -0.468 e. The monoisotopic (exact) mass is 273 g/mol. The number of hydrogen-bond acceptors (Lipinski definition) is 3. The predicted molar refractivity (Wildman–Crippen MR) is 79.1 cm³/mol. The summed E-state index contributed by atoms with van der Waals surface area (Å²) in [5, 5.41) is 0. The summed E-state index contributed by atoms with van der Waals surface area (Å²) < 4.78 is 12.1. The number of benzene rings is 1. The van der Waals surface area contributed by atoms with Crippen molar-refractivity contribution in [1.29, 1.82) is 0 Å². The van der Waals surface area contributed by atoms with Crippen molar-refractivity contribution in [2.75, 3.05) is 13.9 Å². The molecule has 0 spiro atoms. The molecule has 0 fully saturated rings. The summed E-state index contributed by atoms with van der Waals surface area (Å²) in [6.45, 7) is 4.85. The first-order chi connectivity index (χ1) is 9.67. The normalized spacial score (nSPS) is 10.6. The third-order valence-corrected chi connectivity index (χ3v) is 3.18. The highest BCUT2D eigenvalue weighted by atomic mass is 16.7. The fourth-order valence-corrected chi connectivity index (χ4v) is 2.22. The van der Waals surface area contributed by atoms with E-state index in [1.807, 2.05) is 38.1 Å². The zero-order valence-corrected chi connectivity index (χ0v) is 12.1. The van der Waals surface area contributed by atoms with E-state index in [1.165, 1.54) is 0 Å². The van der Waals surface area contributed by atoms with E-state index in [-0.39, 0.29) is 12.4 Å². The van der Waals surface area contributed by atoms with Crippen molar-refractivity contribution >= 4 is 0 Å². The van der Waals surface area contributed by atoms with E-state index in [4.69, 9.17) is 9.47 Å². The van der Waals surface area contributed by atoms with Gasteiger partial charge in [0, 0.05) is 25.3 Å². The van der Waals surface area contributed by atoms with Crippen LogP contribution in [0, 0.1) is 6.92 Å². The topological polar surface area (TPSA) is 40.5 Å². The molecular weight excluding hydrogens is 254 g/mol. The Bertz CT molecular complexity index is 646. The number of ether oxygens (including phenoxy) is 2. The molecule has 0 bridgehead atoms. The van der Waals surface area contributed by atoms with Crippen LogP contribution in [0.15, 0.2) is 41.2 Å². The van der Waals surface area contributed by atoms with Crippen molar-refractivity contribution < 1.29 is 9.47 Å². The van der Waals surface area contributed by atoms with E-state index < -0.39 is 0 Å². The summed E-state index contributed by atoms with van der Waals surface area (Å²) in [6, 6.07) is 11.1. The number of rotatable bonds is 5. The molecule has 0 N–H and O–H groups in total. The highest BCUT2D eigenvalue weighted by Gasteiger charge is 2.08. The van der Waals surface area contributed by atoms with Crippen molar-refractivity contribution in [2.24, 2.45) is 0 Å². The summed E-state index contributed by atoms with van der Waals surface area (Å²) in [5.74, 6) is 0.759. The first-order valence-electron chi connectivity index (χ1n) is 6.60. The van der Waals surface area contributed by atoms with Crippen LogP contribution in [-0.2, 0) is 11.3 Å². The molecule has 1 heterocycles. The fourth-order valence-electron chi connectivity index (χ4n) is 2.22. The summed E-state index contributed by atoms with van der Waals surface area (Å²) in [6.07, 6.45) is 0. The summed E-state index contributed by atoms with van der Waals surface area (Å²) in [4.78, 5) is 11.9. The Morgan fingerprint density at radius 2 is 2.00 bits per heavy atom. The van der Waals surface area contributed by atoms with Gasteiger partial charge in [0.15, 0.2) is 6.79 Å². The average molecular weight is 273 g/mol. The third kappa shape index (κ3) is 2.91. The molecule has 0 amide bonds. The Balaban J connectivity index is 2.44. The largest absolute Gasteiger partial charge is 0.468 e. The molecule has 2 aromatic rings. The molecule has 0 aliphatic rings. The molecule has 0 aliphatic heterocycles. The number of pyridine rings is 1. The molecule has 106 valence electrons. The maximum atomic E-state index is 11.9. The van der Waals surface area contributed by atoms with Crippen molar-refractivity contribution in [3.05, 3.63) is 52.3 Å². The number of nitrogens with zero attached hydrogens (tertiary/aromatic N) is 1. The summed E-state index contributed by atoms with van der Waals surface area (Å²) in [5.41, 5.74) is 3.04. The quantitative estimate of drug-likeness (QED) is 0.786. The second-order valence-corrected chi connectivity index (χ2v) is 4.52. The molecule has 0 saturated carbocycles. The van der Waals surface area contributed by atoms with Gasteiger partial charge in [0.05, 0.1) is 5.69 Å². The number of hydrogen-bond donors (Lipinski definition) is 0. The summed E-state index contributed by atoms with van der Waals surface area (Å²) >= 11 is 0. The lowest BCUT2D eigenvalue weighted by Gasteiger charge is -2.14. The van der Waals surface area contributed by atoms with Gasteiger partial charge < -0.3 is 14.0 Å². The van der Waals surface area contributed by atoms with Gasteiger partial charge in [-0.15, -0.1) is 0 Å².